The van der Waals surface area contributed by atoms with Crippen LogP contribution in [0.3, 0.4) is 0 Å². The lowest BCUT2D eigenvalue weighted by molar-refractivity contribution is 1.06. The van der Waals surface area contributed by atoms with E-state index in [-0.39, 0.29) is 0 Å². The molecule has 3 nitrogen and oxygen atoms in total. The van der Waals surface area contributed by atoms with E-state index >= 15 is 0 Å². The predicted molar refractivity (Wildman–Crippen MR) is 108 cm³/mol. The molecule has 0 aliphatic rings. The number of hydrogen-bond donors (Lipinski definition) is 0. The van der Waals surface area contributed by atoms with Gasteiger partial charge in [0.05, 0.1) is 22.1 Å². The summed E-state index contributed by atoms with van der Waals surface area (Å²) in [6, 6.07) is 21.5. The zero-order valence-electron chi connectivity index (χ0n) is 14.7. The van der Waals surface area contributed by atoms with Gasteiger partial charge in [-0.05, 0) is 48.4 Å². The molecular weight excluding hydrogens is 318 g/mol. The van der Waals surface area contributed by atoms with Crippen LogP contribution in [0.2, 0.25) is 0 Å². The minimum absolute atomic E-state index is 1.03. The summed E-state index contributed by atoms with van der Waals surface area (Å²) in [5, 5.41) is 3.77. The molecule has 0 fully saturated rings. The van der Waals surface area contributed by atoms with E-state index in [9.17, 15) is 0 Å². The van der Waals surface area contributed by atoms with Gasteiger partial charge in [0, 0.05) is 17.3 Å². The van der Waals surface area contributed by atoms with Gasteiger partial charge < -0.3 is 4.40 Å². The molecule has 3 heteroatoms. The smallest absolute Gasteiger partial charge is 0.162 e. The molecule has 3 heterocycles. The molecule has 0 amide bonds. The number of hydrogen-bond acceptors (Lipinski definition) is 1. The highest BCUT2D eigenvalue weighted by atomic mass is 15.1. The van der Waals surface area contributed by atoms with Gasteiger partial charge in [-0.25, -0.2) is 4.98 Å². The topological polar surface area (TPSA) is 21.7 Å². The molecule has 0 aliphatic carbocycles. The van der Waals surface area contributed by atoms with Gasteiger partial charge in [-0.3, -0.25) is 4.40 Å². The largest absolute Gasteiger partial charge is 0.311 e. The lowest BCUT2D eigenvalue weighted by Gasteiger charge is -2.06. The fourth-order valence-corrected chi connectivity index (χ4v) is 4.36. The van der Waals surface area contributed by atoms with Crippen LogP contribution in [0.5, 0.6) is 0 Å². The van der Waals surface area contributed by atoms with Crippen molar-refractivity contribution in [1.29, 1.82) is 0 Å². The van der Waals surface area contributed by atoms with E-state index in [1.807, 2.05) is 0 Å². The van der Waals surface area contributed by atoms with E-state index in [1.54, 1.807) is 0 Å². The van der Waals surface area contributed by atoms with Crippen molar-refractivity contribution < 1.29 is 0 Å². The molecule has 6 aromatic rings. The fraction of sp³-hybridized carbons (Fsp3) is 0.0870. The lowest BCUT2D eigenvalue weighted by atomic mass is 10.1. The molecule has 3 aromatic heterocycles. The zero-order valence-corrected chi connectivity index (χ0v) is 14.7. The van der Waals surface area contributed by atoms with Crippen LogP contribution in [0.1, 0.15) is 11.3 Å². The van der Waals surface area contributed by atoms with Crippen LogP contribution in [-0.2, 0) is 0 Å². The third-order valence-corrected chi connectivity index (χ3v) is 5.57. The second kappa shape index (κ2) is 4.64. The molecular formula is C23H17N3. The van der Waals surface area contributed by atoms with Crippen LogP contribution >= 0.6 is 0 Å². The number of aryl methyl sites for hydroxylation is 2. The maximum Gasteiger partial charge on any atom is 0.162 e. The number of benzene rings is 3. The number of fused-ring (bicyclic) bond motifs is 8. The third-order valence-electron chi connectivity index (χ3n) is 5.57. The molecule has 3 aromatic carbocycles. The molecule has 0 atom stereocenters. The summed E-state index contributed by atoms with van der Waals surface area (Å²) in [5.74, 6) is 0. The predicted octanol–water partition coefficient (Wildman–Crippen LogP) is 5.66. The first-order valence-electron chi connectivity index (χ1n) is 8.92. The average molecular weight is 335 g/mol. The van der Waals surface area contributed by atoms with Crippen molar-refractivity contribution in [2.24, 2.45) is 0 Å². The van der Waals surface area contributed by atoms with E-state index in [0.29, 0.717) is 0 Å². The first-order valence-corrected chi connectivity index (χ1v) is 8.92. The highest BCUT2D eigenvalue weighted by Gasteiger charge is 2.16. The molecule has 6 rings (SSSR count). The van der Waals surface area contributed by atoms with Crippen molar-refractivity contribution in [1.82, 2.24) is 13.8 Å². The van der Waals surface area contributed by atoms with Gasteiger partial charge in [0.25, 0.3) is 0 Å². The molecule has 0 saturated carbocycles. The van der Waals surface area contributed by atoms with Crippen molar-refractivity contribution in [3.05, 3.63) is 78.1 Å². The Morgan fingerprint density at radius 3 is 2.38 bits per heavy atom. The van der Waals surface area contributed by atoms with E-state index < -0.39 is 0 Å². The lowest BCUT2D eigenvalue weighted by Crippen LogP contribution is -1.97. The van der Waals surface area contributed by atoms with Gasteiger partial charge in [0.1, 0.15) is 0 Å². The van der Waals surface area contributed by atoms with Gasteiger partial charge >= 0.3 is 0 Å². The number of rotatable bonds is 0. The highest BCUT2D eigenvalue weighted by molar-refractivity contribution is 6.02. The summed E-state index contributed by atoms with van der Waals surface area (Å²) in [6.07, 6.45) is 2.23. The Hall–Kier alpha value is -3.33. The van der Waals surface area contributed by atoms with Crippen molar-refractivity contribution >= 4 is 43.9 Å². The van der Waals surface area contributed by atoms with Gasteiger partial charge in [-0.1, -0.05) is 42.5 Å². The molecule has 0 radical (unpaired) electrons. The standard InChI is InChI=1S/C23H17N3/c1-14-13-25-20-10-6-5-9-18(20)15(2)22(25)23-24-19-11-16-7-3-4-8-17(16)12-21(19)26(14)23/h3-13H,1-2H3. The van der Waals surface area contributed by atoms with Crippen LogP contribution in [0, 0.1) is 13.8 Å². The maximum absolute atomic E-state index is 5.05. The molecule has 0 saturated heterocycles. The second-order valence-electron chi connectivity index (χ2n) is 7.09. The maximum atomic E-state index is 5.05. The molecule has 0 spiro atoms. The van der Waals surface area contributed by atoms with Gasteiger partial charge in [-0.15, -0.1) is 0 Å². The SMILES string of the molecule is Cc1c2ccccc2n2cc(C)n3c4cc5ccccc5cc4nc3c12. The van der Waals surface area contributed by atoms with E-state index in [0.717, 1.165) is 11.2 Å². The Morgan fingerprint density at radius 1 is 0.808 bits per heavy atom. The quantitative estimate of drug-likeness (QED) is 0.351. The van der Waals surface area contributed by atoms with Crippen LogP contribution < -0.4 is 0 Å². The van der Waals surface area contributed by atoms with Crippen LogP contribution in [-0.4, -0.2) is 13.8 Å². The summed E-state index contributed by atoms with van der Waals surface area (Å²) < 4.78 is 4.59. The summed E-state index contributed by atoms with van der Waals surface area (Å²) in [4.78, 5) is 5.05. The average Bonchev–Trinajstić information content (AvgIpc) is 3.16. The van der Waals surface area contributed by atoms with Crippen molar-refractivity contribution in [3.63, 3.8) is 0 Å². The van der Waals surface area contributed by atoms with E-state index in [2.05, 4.69) is 89.5 Å². The monoisotopic (exact) mass is 335 g/mol. The van der Waals surface area contributed by atoms with Crippen molar-refractivity contribution in [2.45, 2.75) is 13.8 Å². The first-order chi connectivity index (χ1) is 12.7. The van der Waals surface area contributed by atoms with E-state index in [1.165, 1.54) is 44.0 Å². The summed E-state index contributed by atoms with van der Waals surface area (Å²) in [5.41, 5.74) is 8.15. The Morgan fingerprint density at radius 2 is 1.54 bits per heavy atom. The van der Waals surface area contributed by atoms with Crippen LogP contribution in [0.25, 0.3) is 43.9 Å². The molecule has 0 N–H and O–H groups in total. The Balaban J connectivity index is 1.92. The summed E-state index contributed by atoms with van der Waals surface area (Å²) >= 11 is 0. The normalized spacial score (nSPS) is 12.2. The number of imidazole rings is 1. The fourth-order valence-electron chi connectivity index (χ4n) is 4.36. The molecule has 0 aliphatic heterocycles. The Bertz CT molecular complexity index is 1500. The molecule has 26 heavy (non-hydrogen) atoms. The number of para-hydroxylation sites is 1. The Kier molecular flexibility index (Phi) is 2.48. The van der Waals surface area contributed by atoms with Crippen molar-refractivity contribution in [3.8, 4) is 0 Å². The second-order valence-corrected chi connectivity index (χ2v) is 7.09. The number of nitrogens with zero attached hydrogens (tertiary/aromatic N) is 3. The highest BCUT2D eigenvalue weighted by Crippen LogP contribution is 2.32. The summed E-state index contributed by atoms with van der Waals surface area (Å²) in [7, 11) is 0. The van der Waals surface area contributed by atoms with Gasteiger partial charge in [0.2, 0.25) is 0 Å². The first kappa shape index (κ1) is 13.9. The minimum Gasteiger partial charge on any atom is -0.311 e. The van der Waals surface area contributed by atoms with Gasteiger partial charge in [-0.2, -0.15) is 0 Å². The van der Waals surface area contributed by atoms with Crippen LogP contribution in [0.4, 0.5) is 0 Å². The third kappa shape index (κ3) is 1.60. The number of aromatic nitrogens is 3. The summed E-state index contributed by atoms with van der Waals surface area (Å²) in [6.45, 7) is 4.36. The zero-order chi connectivity index (χ0) is 17.4. The Labute approximate surface area is 150 Å². The molecule has 124 valence electrons. The van der Waals surface area contributed by atoms with E-state index in [4.69, 9.17) is 4.98 Å². The van der Waals surface area contributed by atoms with Crippen molar-refractivity contribution in [2.75, 3.05) is 0 Å². The molecule has 0 unspecified atom stereocenters. The van der Waals surface area contributed by atoms with Gasteiger partial charge in [0.15, 0.2) is 5.65 Å². The minimum atomic E-state index is 1.03. The van der Waals surface area contributed by atoms with Crippen LogP contribution in [0.15, 0.2) is 66.9 Å². The molecule has 0 bridgehead atoms.